The van der Waals surface area contributed by atoms with Crippen LogP contribution in [0.25, 0.3) is 0 Å². The summed E-state index contributed by atoms with van der Waals surface area (Å²) in [6.45, 7) is 2.29. The number of thiazole rings is 1. The molecular weight excluding hydrogens is 286 g/mol. The number of rotatable bonds is 4. The van der Waals surface area contributed by atoms with E-state index >= 15 is 0 Å². The van der Waals surface area contributed by atoms with Crippen molar-refractivity contribution in [3.05, 3.63) is 44.9 Å². The van der Waals surface area contributed by atoms with Crippen LogP contribution >= 0.6 is 22.9 Å². The van der Waals surface area contributed by atoms with E-state index in [-0.39, 0.29) is 5.84 Å². The largest absolute Gasteiger partial charge is 0.485 e. The van der Waals surface area contributed by atoms with Crippen LogP contribution in [0.5, 0.6) is 5.75 Å². The maximum atomic E-state index is 8.58. The molecule has 2 aromatic rings. The van der Waals surface area contributed by atoms with Gasteiger partial charge in [-0.3, -0.25) is 0 Å². The Bertz CT molecular complexity index is 613. The first-order valence-corrected chi connectivity index (χ1v) is 6.67. The van der Waals surface area contributed by atoms with Gasteiger partial charge in [-0.25, -0.2) is 4.98 Å². The highest BCUT2D eigenvalue weighted by molar-refractivity contribution is 7.09. The molecule has 0 saturated carbocycles. The minimum atomic E-state index is 0.00370. The number of aromatic nitrogens is 1. The van der Waals surface area contributed by atoms with E-state index < -0.39 is 0 Å². The molecule has 1 aromatic heterocycles. The third-order valence-corrected chi connectivity index (χ3v) is 3.59. The Labute approximate surface area is 119 Å². The molecule has 100 valence electrons. The fourth-order valence-electron chi connectivity index (χ4n) is 1.44. The molecule has 7 heteroatoms. The van der Waals surface area contributed by atoms with Gasteiger partial charge in [0.15, 0.2) is 5.84 Å². The van der Waals surface area contributed by atoms with Gasteiger partial charge in [0.1, 0.15) is 17.4 Å². The molecule has 0 saturated heterocycles. The summed E-state index contributed by atoms with van der Waals surface area (Å²) in [5.74, 6) is 0.535. The van der Waals surface area contributed by atoms with Gasteiger partial charge in [-0.1, -0.05) is 16.8 Å². The van der Waals surface area contributed by atoms with Gasteiger partial charge in [0.05, 0.1) is 5.02 Å². The lowest BCUT2D eigenvalue weighted by molar-refractivity contribution is 0.305. The third-order valence-electron chi connectivity index (χ3n) is 2.35. The van der Waals surface area contributed by atoms with Crippen molar-refractivity contribution in [3.8, 4) is 5.75 Å². The number of ether oxygens (including phenoxy) is 1. The normalized spacial score (nSPS) is 11.6. The van der Waals surface area contributed by atoms with E-state index in [1.165, 1.54) is 11.3 Å². The van der Waals surface area contributed by atoms with E-state index in [9.17, 15) is 0 Å². The van der Waals surface area contributed by atoms with Crippen LogP contribution in [0, 0.1) is 6.92 Å². The molecule has 0 amide bonds. The van der Waals surface area contributed by atoms with Gasteiger partial charge in [-0.2, -0.15) is 0 Å². The minimum Gasteiger partial charge on any atom is -0.485 e. The monoisotopic (exact) mass is 297 g/mol. The molecule has 0 atom stereocenters. The average Bonchev–Trinajstić information content (AvgIpc) is 2.82. The predicted molar refractivity (Wildman–Crippen MR) is 75.1 cm³/mol. The molecule has 0 unspecified atom stereocenters. The number of nitrogens with zero attached hydrogens (tertiary/aromatic N) is 2. The molecule has 0 aliphatic rings. The van der Waals surface area contributed by atoms with E-state index in [0.717, 1.165) is 10.7 Å². The lowest BCUT2D eigenvalue weighted by Gasteiger charge is -2.07. The minimum absolute atomic E-state index is 0.00370. The fraction of sp³-hybridized carbons (Fsp3) is 0.167. The second-order valence-corrected chi connectivity index (χ2v) is 5.15. The molecule has 0 fully saturated rings. The van der Waals surface area contributed by atoms with Crippen molar-refractivity contribution in [3.63, 3.8) is 0 Å². The molecule has 5 nitrogen and oxygen atoms in total. The van der Waals surface area contributed by atoms with E-state index in [4.69, 9.17) is 27.3 Å². The first-order chi connectivity index (χ1) is 9.10. The van der Waals surface area contributed by atoms with Crippen LogP contribution in [0.4, 0.5) is 0 Å². The number of aryl methyl sites for hydroxylation is 1. The molecule has 0 spiro atoms. The highest BCUT2D eigenvalue weighted by Gasteiger charge is 2.07. The van der Waals surface area contributed by atoms with E-state index in [0.29, 0.717) is 22.9 Å². The summed E-state index contributed by atoms with van der Waals surface area (Å²) in [5.41, 5.74) is 6.97. The summed E-state index contributed by atoms with van der Waals surface area (Å²) in [5, 5.41) is 14.7. The van der Waals surface area contributed by atoms with Crippen LogP contribution < -0.4 is 10.5 Å². The zero-order chi connectivity index (χ0) is 13.8. The van der Waals surface area contributed by atoms with E-state index in [1.54, 1.807) is 18.2 Å². The number of oxime groups is 1. The summed E-state index contributed by atoms with van der Waals surface area (Å²) in [6.07, 6.45) is 0. The van der Waals surface area contributed by atoms with Crippen LogP contribution in [0.15, 0.2) is 28.7 Å². The van der Waals surface area contributed by atoms with Gasteiger partial charge in [0.25, 0.3) is 0 Å². The van der Waals surface area contributed by atoms with Crippen LogP contribution in [-0.4, -0.2) is 16.0 Å². The van der Waals surface area contributed by atoms with Gasteiger partial charge in [-0.15, -0.1) is 11.3 Å². The highest BCUT2D eigenvalue weighted by atomic mass is 35.5. The van der Waals surface area contributed by atoms with E-state index in [1.807, 2.05) is 12.3 Å². The number of amidine groups is 1. The van der Waals surface area contributed by atoms with Gasteiger partial charge >= 0.3 is 0 Å². The first-order valence-electron chi connectivity index (χ1n) is 5.41. The second kappa shape index (κ2) is 5.90. The van der Waals surface area contributed by atoms with Crippen molar-refractivity contribution in [2.45, 2.75) is 13.5 Å². The Hall–Kier alpha value is -1.79. The predicted octanol–water partition coefficient (Wildman–Crippen LogP) is 2.78. The molecule has 3 N–H and O–H groups in total. The first kappa shape index (κ1) is 13.6. The van der Waals surface area contributed by atoms with Crippen molar-refractivity contribution >= 4 is 28.8 Å². The summed E-state index contributed by atoms with van der Waals surface area (Å²) >= 11 is 7.60. The van der Waals surface area contributed by atoms with Crippen molar-refractivity contribution in [1.82, 2.24) is 4.98 Å². The van der Waals surface area contributed by atoms with E-state index in [2.05, 4.69) is 10.1 Å². The molecule has 1 aromatic carbocycles. The topological polar surface area (TPSA) is 80.7 Å². The smallest absolute Gasteiger partial charge is 0.170 e. The van der Waals surface area contributed by atoms with Crippen molar-refractivity contribution in [2.75, 3.05) is 0 Å². The maximum absolute atomic E-state index is 8.58. The van der Waals surface area contributed by atoms with Crippen LogP contribution in [0.2, 0.25) is 5.02 Å². The number of benzene rings is 1. The fourth-order valence-corrected chi connectivity index (χ4v) is 2.36. The van der Waals surface area contributed by atoms with Crippen LogP contribution in [0.3, 0.4) is 0 Å². The maximum Gasteiger partial charge on any atom is 0.170 e. The molecule has 0 bridgehead atoms. The van der Waals surface area contributed by atoms with Crippen molar-refractivity contribution < 1.29 is 9.94 Å². The molecule has 0 aliphatic heterocycles. The molecular formula is C12H12ClN3O2S. The summed E-state index contributed by atoms with van der Waals surface area (Å²) in [6, 6.07) is 4.93. The lowest BCUT2D eigenvalue weighted by Crippen LogP contribution is -2.12. The van der Waals surface area contributed by atoms with Crippen LogP contribution in [0.1, 0.15) is 16.3 Å². The van der Waals surface area contributed by atoms with Gasteiger partial charge in [0, 0.05) is 16.6 Å². The number of hydrogen-bond donors (Lipinski definition) is 2. The van der Waals surface area contributed by atoms with Crippen molar-refractivity contribution in [2.24, 2.45) is 10.9 Å². The molecule has 19 heavy (non-hydrogen) atoms. The van der Waals surface area contributed by atoms with Gasteiger partial charge < -0.3 is 15.7 Å². The zero-order valence-electron chi connectivity index (χ0n) is 10.1. The Morgan fingerprint density at radius 1 is 1.58 bits per heavy atom. The molecule has 1 heterocycles. The van der Waals surface area contributed by atoms with Crippen LogP contribution in [-0.2, 0) is 6.61 Å². The Morgan fingerprint density at radius 3 is 2.95 bits per heavy atom. The number of hydrogen-bond acceptors (Lipinski definition) is 5. The zero-order valence-corrected chi connectivity index (χ0v) is 11.7. The lowest BCUT2D eigenvalue weighted by atomic mass is 10.2. The summed E-state index contributed by atoms with van der Waals surface area (Å²) in [7, 11) is 0. The SMILES string of the molecule is Cc1csc(COc2ccc(C(N)=NO)cc2Cl)n1. The van der Waals surface area contributed by atoms with Gasteiger partial charge in [0.2, 0.25) is 0 Å². The third kappa shape index (κ3) is 3.36. The van der Waals surface area contributed by atoms with Crippen molar-refractivity contribution in [1.29, 1.82) is 0 Å². The molecule has 0 aliphatic carbocycles. The quantitative estimate of drug-likeness (QED) is 0.393. The molecule has 0 radical (unpaired) electrons. The summed E-state index contributed by atoms with van der Waals surface area (Å²) < 4.78 is 5.58. The second-order valence-electron chi connectivity index (χ2n) is 3.80. The Kier molecular flexibility index (Phi) is 4.24. The van der Waals surface area contributed by atoms with Gasteiger partial charge in [-0.05, 0) is 25.1 Å². The Balaban J connectivity index is 2.09. The average molecular weight is 298 g/mol. The number of nitrogens with two attached hydrogens (primary N) is 1. The standard InChI is InChI=1S/C12H12ClN3O2S/c1-7-6-19-11(15-7)5-18-10-3-2-8(4-9(10)13)12(14)16-17/h2-4,6,17H,5H2,1H3,(H2,14,16). The number of halogens is 1. The highest BCUT2D eigenvalue weighted by Crippen LogP contribution is 2.26. The Morgan fingerprint density at radius 2 is 2.37 bits per heavy atom. The molecule has 2 rings (SSSR count). The summed E-state index contributed by atoms with van der Waals surface area (Å²) in [4.78, 5) is 4.29.